The number of ether oxygens (including phenoxy) is 2. The summed E-state index contributed by atoms with van der Waals surface area (Å²) in [7, 11) is 3.63. The molecule has 0 amide bonds. The molecule has 2 aromatic rings. The number of benzene rings is 2. The summed E-state index contributed by atoms with van der Waals surface area (Å²) in [5, 5.41) is 3.32. The molecule has 0 aliphatic carbocycles. The monoisotopic (exact) mass is 271 g/mol. The average Bonchev–Trinajstić information content (AvgIpc) is 2.52. The highest BCUT2D eigenvalue weighted by Gasteiger charge is 2.08. The molecule has 2 aromatic carbocycles. The molecule has 0 spiro atoms. The highest BCUT2D eigenvalue weighted by atomic mass is 16.5. The molecule has 106 valence electrons. The van der Waals surface area contributed by atoms with E-state index in [1.807, 2.05) is 37.4 Å². The third-order valence-electron chi connectivity index (χ3n) is 3.27. The normalized spacial score (nSPS) is 11.9. The Hall–Kier alpha value is -2.00. The number of methoxy groups -OCH3 is 1. The summed E-state index contributed by atoms with van der Waals surface area (Å²) >= 11 is 0. The Labute approximate surface area is 120 Å². The molecule has 3 nitrogen and oxygen atoms in total. The lowest BCUT2D eigenvalue weighted by atomic mass is 10.0. The second-order valence-corrected chi connectivity index (χ2v) is 4.57. The van der Waals surface area contributed by atoms with Crippen molar-refractivity contribution in [1.82, 2.24) is 5.32 Å². The van der Waals surface area contributed by atoms with Crippen LogP contribution in [-0.2, 0) is 0 Å². The van der Waals surface area contributed by atoms with Gasteiger partial charge in [-0.15, -0.1) is 0 Å². The van der Waals surface area contributed by atoms with Gasteiger partial charge < -0.3 is 14.8 Å². The molecule has 1 N–H and O–H groups in total. The van der Waals surface area contributed by atoms with Gasteiger partial charge >= 0.3 is 0 Å². The molecule has 1 atom stereocenters. The van der Waals surface area contributed by atoms with E-state index in [9.17, 15) is 0 Å². The molecular formula is C17H21NO2. The maximum absolute atomic E-state index is 5.78. The van der Waals surface area contributed by atoms with Gasteiger partial charge in [0.25, 0.3) is 0 Å². The van der Waals surface area contributed by atoms with Crippen molar-refractivity contribution in [1.29, 1.82) is 0 Å². The van der Waals surface area contributed by atoms with Crippen LogP contribution in [0.2, 0.25) is 0 Å². The van der Waals surface area contributed by atoms with Gasteiger partial charge in [0.2, 0.25) is 0 Å². The third-order valence-corrected chi connectivity index (χ3v) is 3.27. The van der Waals surface area contributed by atoms with Crippen molar-refractivity contribution in [2.24, 2.45) is 0 Å². The molecule has 1 unspecified atom stereocenters. The van der Waals surface area contributed by atoms with Gasteiger partial charge in [0, 0.05) is 18.5 Å². The average molecular weight is 271 g/mol. The van der Waals surface area contributed by atoms with Crippen molar-refractivity contribution in [3.63, 3.8) is 0 Å². The topological polar surface area (TPSA) is 30.5 Å². The van der Waals surface area contributed by atoms with Gasteiger partial charge in [0.15, 0.2) is 0 Å². The van der Waals surface area contributed by atoms with Gasteiger partial charge in [-0.25, -0.2) is 0 Å². The summed E-state index contributed by atoms with van der Waals surface area (Å²) in [6.07, 6.45) is 0.914. The Morgan fingerprint density at radius 3 is 2.45 bits per heavy atom. The van der Waals surface area contributed by atoms with E-state index < -0.39 is 0 Å². The lowest BCUT2D eigenvalue weighted by Crippen LogP contribution is -2.19. The highest BCUT2D eigenvalue weighted by molar-refractivity contribution is 5.32. The molecule has 2 rings (SSSR count). The molecule has 0 fully saturated rings. The minimum atomic E-state index is 0.307. The van der Waals surface area contributed by atoms with Gasteiger partial charge in [-0.1, -0.05) is 36.4 Å². The van der Waals surface area contributed by atoms with Crippen molar-refractivity contribution in [2.75, 3.05) is 20.8 Å². The molecule has 0 saturated heterocycles. The van der Waals surface area contributed by atoms with Crippen LogP contribution in [0.15, 0.2) is 54.6 Å². The fourth-order valence-corrected chi connectivity index (χ4v) is 2.15. The Balaban J connectivity index is 1.88. The maximum Gasteiger partial charge on any atom is 0.122 e. The van der Waals surface area contributed by atoms with E-state index in [-0.39, 0.29) is 0 Å². The third kappa shape index (κ3) is 4.00. The maximum atomic E-state index is 5.78. The second kappa shape index (κ2) is 7.56. The predicted molar refractivity (Wildman–Crippen MR) is 81.3 cm³/mol. The first-order valence-electron chi connectivity index (χ1n) is 6.82. The van der Waals surface area contributed by atoms with Crippen LogP contribution in [0.3, 0.4) is 0 Å². The van der Waals surface area contributed by atoms with E-state index in [1.165, 1.54) is 5.56 Å². The number of hydrogen-bond acceptors (Lipinski definition) is 3. The summed E-state index contributed by atoms with van der Waals surface area (Å²) < 4.78 is 11.0. The number of hydrogen-bond donors (Lipinski definition) is 1. The van der Waals surface area contributed by atoms with Gasteiger partial charge in [-0.3, -0.25) is 0 Å². The van der Waals surface area contributed by atoms with Gasteiger partial charge in [-0.2, -0.15) is 0 Å². The zero-order valence-electron chi connectivity index (χ0n) is 12.0. The van der Waals surface area contributed by atoms with Crippen molar-refractivity contribution in [2.45, 2.75) is 12.5 Å². The number of nitrogens with one attached hydrogen (secondary N) is 1. The van der Waals surface area contributed by atoms with Crippen LogP contribution in [0.4, 0.5) is 0 Å². The minimum absolute atomic E-state index is 0.307. The van der Waals surface area contributed by atoms with Gasteiger partial charge in [-0.05, 0) is 24.7 Å². The smallest absolute Gasteiger partial charge is 0.122 e. The molecule has 20 heavy (non-hydrogen) atoms. The van der Waals surface area contributed by atoms with Crippen LogP contribution in [0.5, 0.6) is 11.5 Å². The number of rotatable bonds is 7. The molecule has 0 aliphatic heterocycles. The molecule has 3 heteroatoms. The largest absolute Gasteiger partial charge is 0.497 e. The first kappa shape index (κ1) is 14.4. The molecule has 0 aromatic heterocycles. The molecule has 0 radical (unpaired) electrons. The summed E-state index contributed by atoms with van der Waals surface area (Å²) in [6, 6.07) is 18.4. The summed E-state index contributed by atoms with van der Waals surface area (Å²) in [5.74, 6) is 1.66. The van der Waals surface area contributed by atoms with Crippen LogP contribution in [0, 0.1) is 0 Å². The molecular weight excluding hydrogens is 250 g/mol. The van der Waals surface area contributed by atoms with E-state index in [2.05, 4.69) is 29.6 Å². The zero-order valence-corrected chi connectivity index (χ0v) is 12.0. The van der Waals surface area contributed by atoms with Crippen LogP contribution >= 0.6 is 0 Å². The molecule has 0 bridgehead atoms. The Bertz CT molecular complexity index is 513. The zero-order chi connectivity index (χ0) is 14.2. The Kier molecular flexibility index (Phi) is 5.44. The van der Waals surface area contributed by atoms with E-state index in [0.29, 0.717) is 12.6 Å². The fourth-order valence-electron chi connectivity index (χ4n) is 2.15. The Morgan fingerprint density at radius 2 is 1.75 bits per heavy atom. The summed E-state index contributed by atoms with van der Waals surface area (Å²) in [5.41, 5.74) is 1.28. The first-order chi connectivity index (χ1) is 9.83. The highest BCUT2D eigenvalue weighted by Crippen LogP contribution is 2.20. The lowest BCUT2D eigenvalue weighted by molar-refractivity contribution is 0.288. The SMILES string of the molecule is CNC(CCOc1cccc(OC)c1)c1ccccc1. The summed E-state index contributed by atoms with van der Waals surface area (Å²) in [6.45, 7) is 0.660. The van der Waals surface area contributed by atoms with E-state index in [1.54, 1.807) is 7.11 Å². The van der Waals surface area contributed by atoms with Gasteiger partial charge in [0.05, 0.1) is 13.7 Å². The van der Waals surface area contributed by atoms with Crippen molar-refractivity contribution >= 4 is 0 Å². The van der Waals surface area contributed by atoms with Crippen molar-refractivity contribution in [3.8, 4) is 11.5 Å². The lowest BCUT2D eigenvalue weighted by Gasteiger charge is -2.17. The standard InChI is InChI=1S/C17H21NO2/c1-18-17(14-7-4-3-5-8-14)11-12-20-16-10-6-9-15(13-16)19-2/h3-10,13,17-18H,11-12H2,1-2H3. The second-order valence-electron chi connectivity index (χ2n) is 4.57. The first-order valence-corrected chi connectivity index (χ1v) is 6.82. The van der Waals surface area contributed by atoms with Crippen LogP contribution in [-0.4, -0.2) is 20.8 Å². The van der Waals surface area contributed by atoms with E-state index >= 15 is 0 Å². The van der Waals surface area contributed by atoms with Crippen molar-refractivity contribution < 1.29 is 9.47 Å². The van der Waals surface area contributed by atoms with Crippen LogP contribution in [0.1, 0.15) is 18.0 Å². The fraction of sp³-hybridized carbons (Fsp3) is 0.294. The van der Waals surface area contributed by atoms with E-state index in [4.69, 9.17) is 9.47 Å². The van der Waals surface area contributed by atoms with Crippen molar-refractivity contribution in [3.05, 3.63) is 60.2 Å². The van der Waals surface area contributed by atoms with Crippen LogP contribution < -0.4 is 14.8 Å². The molecule has 0 saturated carbocycles. The minimum Gasteiger partial charge on any atom is -0.497 e. The predicted octanol–water partition coefficient (Wildman–Crippen LogP) is 3.42. The van der Waals surface area contributed by atoms with Gasteiger partial charge in [0.1, 0.15) is 11.5 Å². The Morgan fingerprint density at radius 1 is 1.00 bits per heavy atom. The summed E-state index contributed by atoms with van der Waals surface area (Å²) in [4.78, 5) is 0. The molecule has 0 aliphatic rings. The van der Waals surface area contributed by atoms with E-state index in [0.717, 1.165) is 17.9 Å². The van der Waals surface area contributed by atoms with Crippen LogP contribution in [0.25, 0.3) is 0 Å². The molecule has 0 heterocycles. The quantitative estimate of drug-likeness (QED) is 0.837.